The fourth-order valence-corrected chi connectivity index (χ4v) is 2.88. The molecular formula is C15H11ClN2O4S. The third-order valence-corrected chi connectivity index (χ3v) is 4.41. The molecule has 0 unspecified atom stereocenters. The minimum absolute atomic E-state index is 0.00524. The topological polar surface area (TPSA) is 88.8 Å². The summed E-state index contributed by atoms with van der Waals surface area (Å²) >= 11 is 5.82. The fourth-order valence-electron chi connectivity index (χ4n) is 1.66. The van der Waals surface area contributed by atoms with Crippen LogP contribution in [0.3, 0.4) is 0 Å². The third kappa shape index (κ3) is 4.00. The van der Waals surface area contributed by atoms with Crippen LogP contribution in [-0.2, 0) is 14.4 Å². The average molecular weight is 351 g/mol. The van der Waals surface area contributed by atoms with E-state index in [0.29, 0.717) is 11.3 Å². The normalized spacial score (nSPS) is 11.6. The molecule has 0 bridgehead atoms. The van der Waals surface area contributed by atoms with Gasteiger partial charge < -0.3 is 4.74 Å². The second-order valence-electron chi connectivity index (χ2n) is 4.24. The van der Waals surface area contributed by atoms with Gasteiger partial charge in [0.25, 0.3) is 0 Å². The van der Waals surface area contributed by atoms with Crippen LogP contribution in [0.2, 0.25) is 5.02 Å². The summed E-state index contributed by atoms with van der Waals surface area (Å²) in [6.07, 6.45) is 0. The summed E-state index contributed by atoms with van der Waals surface area (Å²) in [6.45, 7) is 0. The Hall–Kier alpha value is -2.56. The lowest BCUT2D eigenvalue weighted by Crippen LogP contribution is -2.06. The van der Waals surface area contributed by atoms with Crippen molar-refractivity contribution in [3.63, 3.8) is 0 Å². The molecule has 2 aromatic rings. The summed E-state index contributed by atoms with van der Waals surface area (Å²) in [7, 11) is -2.70. The molecule has 23 heavy (non-hydrogen) atoms. The van der Waals surface area contributed by atoms with Crippen molar-refractivity contribution in [1.82, 2.24) is 0 Å². The number of benzene rings is 2. The summed E-state index contributed by atoms with van der Waals surface area (Å²) in [6, 6.07) is 13.9. The summed E-state index contributed by atoms with van der Waals surface area (Å²) in [5.74, 6) is 0.593. The molecule has 2 aromatic carbocycles. The predicted octanol–water partition coefficient (Wildman–Crippen LogP) is 2.98. The van der Waals surface area contributed by atoms with Crippen molar-refractivity contribution in [3.05, 3.63) is 59.1 Å². The number of hydrogen-bond acceptors (Lipinski definition) is 6. The van der Waals surface area contributed by atoms with Crippen LogP contribution >= 0.6 is 11.6 Å². The Kier molecular flexibility index (Phi) is 5.21. The van der Waals surface area contributed by atoms with Gasteiger partial charge in [0.2, 0.25) is 0 Å². The largest absolute Gasteiger partial charge is 0.497 e. The predicted molar refractivity (Wildman–Crippen MR) is 84.9 cm³/mol. The first-order chi connectivity index (χ1) is 11.0. The molecule has 0 aliphatic carbocycles. The van der Waals surface area contributed by atoms with Gasteiger partial charge >= 0.3 is 10.1 Å². The number of methoxy groups -OCH3 is 1. The van der Waals surface area contributed by atoms with Crippen molar-refractivity contribution >= 4 is 27.4 Å². The molecule has 0 aliphatic heterocycles. The summed E-state index contributed by atoms with van der Waals surface area (Å²) in [5.41, 5.74) is 0.200. The average Bonchev–Trinajstić information content (AvgIpc) is 2.56. The van der Waals surface area contributed by atoms with Gasteiger partial charge in [-0.2, -0.15) is 13.7 Å². The molecule has 0 heterocycles. The number of nitriles is 1. The molecule has 0 radical (unpaired) electrons. The highest BCUT2D eigenvalue weighted by atomic mass is 35.5. The molecule has 0 aromatic heterocycles. The van der Waals surface area contributed by atoms with Crippen LogP contribution in [-0.4, -0.2) is 21.2 Å². The molecular weight excluding hydrogens is 340 g/mol. The van der Waals surface area contributed by atoms with Gasteiger partial charge in [-0.3, -0.25) is 4.28 Å². The van der Waals surface area contributed by atoms with Gasteiger partial charge in [0, 0.05) is 5.56 Å². The molecule has 0 amide bonds. The van der Waals surface area contributed by atoms with Gasteiger partial charge in [-0.05, 0) is 36.4 Å². The van der Waals surface area contributed by atoms with E-state index in [4.69, 9.17) is 21.6 Å². The quantitative estimate of drug-likeness (QED) is 0.611. The van der Waals surface area contributed by atoms with E-state index in [1.807, 2.05) is 0 Å². The molecule has 6 nitrogen and oxygen atoms in total. The number of hydrogen-bond donors (Lipinski definition) is 0. The molecule has 118 valence electrons. The Morgan fingerprint density at radius 3 is 2.39 bits per heavy atom. The maximum Gasteiger partial charge on any atom is 0.360 e. The highest BCUT2D eigenvalue weighted by molar-refractivity contribution is 7.86. The number of rotatable bonds is 5. The molecule has 2 rings (SSSR count). The van der Waals surface area contributed by atoms with Gasteiger partial charge in [0.15, 0.2) is 5.71 Å². The van der Waals surface area contributed by atoms with Crippen LogP contribution in [0, 0.1) is 11.3 Å². The minimum atomic E-state index is -4.21. The Balaban J connectivity index is 2.29. The number of nitrogens with zero attached hydrogens (tertiary/aromatic N) is 2. The maximum absolute atomic E-state index is 12.1. The Labute approximate surface area is 138 Å². The van der Waals surface area contributed by atoms with E-state index in [9.17, 15) is 8.42 Å². The van der Waals surface area contributed by atoms with Crippen LogP contribution < -0.4 is 4.74 Å². The van der Waals surface area contributed by atoms with Gasteiger partial charge in [0.1, 0.15) is 16.7 Å². The van der Waals surface area contributed by atoms with E-state index in [1.54, 1.807) is 36.4 Å². The summed E-state index contributed by atoms with van der Waals surface area (Å²) < 4.78 is 33.7. The van der Waals surface area contributed by atoms with E-state index in [2.05, 4.69) is 9.44 Å². The minimum Gasteiger partial charge on any atom is -0.497 e. The zero-order valence-electron chi connectivity index (χ0n) is 11.9. The van der Waals surface area contributed by atoms with Crippen LogP contribution in [0.5, 0.6) is 5.75 Å². The molecule has 0 saturated heterocycles. The van der Waals surface area contributed by atoms with E-state index >= 15 is 0 Å². The lowest BCUT2D eigenvalue weighted by atomic mass is 10.1. The van der Waals surface area contributed by atoms with Crippen molar-refractivity contribution < 1.29 is 17.4 Å². The third-order valence-electron chi connectivity index (χ3n) is 2.80. The molecule has 0 atom stereocenters. The van der Waals surface area contributed by atoms with Gasteiger partial charge in [0.05, 0.1) is 12.1 Å². The molecule has 0 saturated carbocycles. The van der Waals surface area contributed by atoms with Gasteiger partial charge in [-0.1, -0.05) is 28.9 Å². The van der Waals surface area contributed by atoms with Crippen molar-refractivity contribution in [3.8, 4) is 11.8 Å². The lowest BCUT2D eigenvalue weighted by Gasteiger charge is -2.04. The maximum atomic E-state index is 12.1. The molecule has 0 N–H and O–H groups in total. The van der Waals surface area contributed by atoms with Crippen molar-refractivity contribution in [1.29, 1.82) is 5.26 Å². The fraction of sp³-hybridized carbons (Fsp3) is 0.0667. The standard InChI is InChI=1S/C15H11ClN2O4S/c1-21-12-8-6-11(7-9-12)14(10-17)18-22-23(19,20)15-5-3-2-4-13(15)16/h2-9H,1H3/b18-14+. The van der Waals surface area contributed by atoms with Crippen molar-refractivity contribution in [2.75, 3.05) is 7.11 Å². The Bertz CT molecular complexity index is 871. The van der Waals surface area contributed by atoms with Crippen molar-refractivity contribution in [2.45, 2.75) is 4.90 Å². The van der Waals surface area contributed by atoms with Crippen LogP contribution in [0.15, 0.2) is 58.6 Å². The monoisotopic (exact) mass is 350 g/mol. The SMILES string of the molecule is COc1ccc(/C(C#N)=N/OS(=O)(=O)c2ccccc2Cl)cc1. The number of oxime groups is 1. The molecule has 0 fully saturated rings. The lowest BCUT2D eigenvalue weighted by molar-refractivity contribution is 0.339. The first-order valence-electron chi connectivity index (χ1n) is 6.28. The zero-order chi connectivity index (χ0) is 16.9. The number of ether oxygens (including phenoxy) is 1. The molecule has 0 aliphatic rings. The number of halogens is 1. The second kappa shape index (κ2) is 7.13. The zero-order valence-corrected chi connectivity index (χ0v) is 13.5. The first kappa shape index (κ1) is 16.8. The van der Waals surface area contributed by atoms with E-state index < -0.39 is 10.1 Å². The first-order valence-corrected chi connectivity index (χ1v) is 8.07. The van der Waals surface area contributed by atoms with E-state index in [-0.39, 0.29) is 15.6 Å². The summed E-state index contributed by atoms with van der Waals surface area (Å²) in [5, 5.41) is 12.5. The molecule has 8 heteroatoms. The van der Waals surface area contributed by atoms with Crippen LogP contribution in [0.25, 0.3) is 0 Å². The van der Waals surface area contributed by atoms with Crippen molar-refractivity contribution in [2.24, 2.45) is 5.16 Å². The van der Waals surface area contributed by atoms with Crippen LogP contribution in [0.1, 0.15) is 5.56 Å². The smallest absolute Gasteiger partial charge is 0.360 e. The Morgan fingerprint density at radius 1 is 1.17 bits per heavy atom. The van der Waals surface area contributed by atoms with Crippen LogP contribution in [0.4, 0.5) is 0 Å². The highest BCUT2D eigenvalue weighted by Gasteiger charge is 2.20. The molecule has 0 spiro atoms. The van der Waals surface area contributed by atoms with E-state index in [1.165, 1.54) is 25.3 Å². The van der Waals surface area contributed by atoms with Gasteiger partial charge in [-0.15, -0.1) is 0 Å². The second-order valence-corrected chi connectivity index (χ2v) is 6.14. The van der Waals surface area contributed by atoms with Gasteiger partial charge in [-0.25, -0.2) is 0 Å². The highest BCUT2D eigenvalue weighted by Crippen LogP contribution is 2.22. The van der Waals surface area contributed by atoms with E-state index in [0.717, 1.165) is 0 Å². The summed E-state index contributed by atoms with van der Waals surface area (Å²) in [4.78, 5) is -0.225. The Morgan fingerprint density at radius 2 is 1.83 bits per heavy atom.